The molecule has 0 aliphatic heterocycles. The predicted molar refractivity (Wildman–Crippen MR) is 71.7 cm³/mol. The molecule has 0 atom stereocenters. The van der Waals surface area contributed by atoms with Crippen LogP contribution in [0.2, 0.25) is 0 Å². The molecule has 16 heavy (non-hydrogen) atoms. The van der Waals surface area contributed by atoms with Crippen LogP contribution in [0.3, 0.4) is 0 Å². The summed E-state index contributed by atoms with van der Waals surface area (Å²) < 4.78 is 0. The minimum atomic E-state index is 0.817. The lowest BCUT2D eigenvalue weighted by Gasteiger charge is -2.06. The molecule has 4 N–H and O–H groups in total. The Hall–Kier alpha value is -1.22. The Bertz CT molecular complexity index is 269. The van der Waals surface area contributed by atoms with Crippen molar-refractivity contribution in [2.75, 3.05) is 31.2 Å². The third-order valence-corrected chi connectivity index (χ3v) is 2.59. The first-order valence-corrected chi connectivity index (χ1v) is 6.07. The van der Waals surface area contributed by atoms with E-state index in [-0.39, 0.29) is 0 Å². The van der Waals surface area contributed by atoms with Crippen LogP contribution in [-0.4, -0.2) is 20.1 Å². The van der Waals surface area contributed by atoms with Gasteiger partial charge in [-0.25, -0.2) is 0 Å². The van der Waals surface area contributed by atoms with Crippen molar-refractivity contribution in [3.63, 3.8) is 0 Å². The van der Waals surface area contributed by atoms with Crippen molar-refractivity contribution >= 4 is 11.4 Å². The van der Waals surface area contributed by atoms with E-state index in [4.69, 9.17) is 5.73 Å². The second kappa shape index (κ2) is 7.99. The summed E-state index contributed by atoms with van der Waals surface area (Å²) in [6, 6.07) is 7.90. The second-order valence-electron chi connectivity index (χ2n) is 4.07. The molecule has 0 bridgehead atoms. The normalized spacial score (nSPS) is 10.3. The van der Waals surface area contributed by atoms with Gasteiger partial charge in [-0.2, -0.15) is 0 Å². The van der Waals surface area contributed by atoms with Crippen molar-refractivity contribution in [2.24, 2.45) is 0 Å². The summed E-state index contributed by atoms with van der Waals surface area (Å²) in [6.45, 7) is 2.18. The maximum absolute atomic E-state index is 5.62. The average molecular weight is 221 g/mol. The predicted octanol–water partition coefficient (Wildman–Crippen LogP) is 2.46. The molecule has 1 aromatic carbocycles. The first-order valence-electron chi connectivity index (χ1n) is 6.07. The highest BCUT2D eigenvalue weighted by Crippen LogP contribution is 2.10. The summed E-state index contributed by atoms with van der Waals surface area (Å²) in [6.07, 6.45) is 5.11. The van der Waals surface area contributed by atoms with Gasteiger partial charge in [-0.15, -0.1) is 0 Å². The molecule has 1 rings (SSSR count). The van der Waals surface area contributed by atoms with Crippen molar-refractivity contribution in [1.82, 2.24) is 5.32 Å². The minimum Gasteiger partial charge on any atom is -0.399 e. The Kier molecular flexibility index (Phi) is 6.42. The first kappa shape index (κ1) is 12.8. The highest BCUT2D eigenvalue weighted by Gasteiger charge is 1.92. The molecule has 0 unspecified atom stereocenters. The molecule has 0 aromatic heterocycles. The average Bonchev–Trinajstić information content (AvgIpc) is 2.30. The molecule has 0 amide bonds. The van der Waals surface area contributed by atoms with Gasteiger partial charge in [-0.3, -0.25) is 0 Å². The molecular formula is C13H23N3. The third-order valence-electron chi connectivity index (χ3n) is 2.59. The van der Waals surface area contributed by atoms with Gasteiger partial charge in [0.25, 0.3) is 0 Å². The molecule has 0 radical (unpaired) electrons. The van der Waals surface area contributed by atoms with Crippen LogP contribution in [0.5, 0.6) is 0 Å². The number of benzene rings is 1. The number of hydrogen-bond acceptors (Lipinski definition) is 3. The van der Waals surface area contributed by atoms with E-state index in [1.807, 2.05) is 31.3 Å². The van der Waals surface area contributed by atoms with Gasteiger partial charge >= 0.3 is 0 Å². The smallest absolute Gasteiger partial charge is 0.0341 e. The van der Waals surface area contributed by atoms with Crippen LogP contribution in [0.1, 0.15) is 25.7 Å². The molecule has 0 saturated heterocycles. The third kappa shape index (κ3) is 5.61. The van der Waals surface area contributed by atoms with E-state index in [1.54, 1.807) is 0 Å². The lowest BCUT2D eigenvalue weighted by Crippen LogP contribution is -2.07. The first-order chi connectivity index (χ1) is 7.83. The standard InChI is InChI=1S/C13H23N3/c1-15-10-4-2-3-5-11-16-13-8-6-12(14)7-9-13/h6-9,15-16H,2-5,10-11,14H2,1H3. The Morgan fingerprint density at radius 2 is 1.56 bits per heavy atom. The molecule has 0 saturated carbocycles. The van der Waals surface area contributed by atoms with E-state index < -0.39 is 0 Å². The SMILES string of the molecule is CNCCCCCCNc1ccc(N)cc1. The molecule has 3 nitrogen and oxygen atoms in total. The summed E-state index contributed by atoms with van der Waals surface area (Å²) in [5.74, 6) is 0. The number of rotatable bonds is 8. The maximum atomic E-state index is 5.62. The monoisotopic (exact) mass is 221 g/mol. The molecule has 3 heteroatoms. The Balaban J connectivity index is 2.01. The number of nitrogen functional groups attached to an aromatic ring is 1. The maximum Gasteiger partial charge on any atom is 0.0341 e. The number of nitrogens with two attached hydrogens (primary N) is 1. The molecule has 0 heterocycles. The molecule has 0 aliphatic carbocycles. The molecule has 0 fully saturated rings. The van der Waals surface area contributed by atoms with Crippen molar-refractivity contribution in [2.45, 2.75) is 25.7 Å². The van der Waals surface area contributed by atoms with E-state index in [0.29, 0.717) is 0 Å². The number of anilines is 2. The fourth-order valence-electron chi connectivity index (χ4n) is 1.61. The molecular weight excluding hydrogens is 198 g/mol. The zero-order valence-corrected chi connectivity index (χ0v) is 10.1. The van der Waals surface area contributed by atoms with Crippen LogP contribution in [0.25, 0.3) is 0 Å². The summed E-state index contributed by atoms with van der Waals surface area (Å²) in [7, 11) is 2.00. The Labute approximate surface area is 98.4 Å². The van der Waals surface area contributed by atoms with Gasteiger partial charge < -0.3 is 16.4 Å². The van der Waals surface area contributed by atoms with Gasteiger partial charge in [-0.1, -0.05) is 12.8 Å². The Morgan fingerprint density at radius 1 is 0.938 bits per heavy atom. The molecule has 1 aromatic rings. The van der Waals surface area contributed by atoms with E-state index in [1.165, 1.54) is 25.7 Å². The summed E-state index contributed by atoms with van der Waals surface area (Å²) in [4.78, 5) is 0. The summed E-state index contributed by atoms with van der Waals surface area (Å²) in [5, 5.41) is 6.55. The van der Waals surface area contributed by atoms with Gasteiger partial charge in [0.1, 0.15) is 0 Å². The summed E-state index contributed by atoms with van der Waals surface area (Å²) >= 11 is 0. The molecule has 0 aliphatic rings. The van der Waals surface area contributed by atoms with Crippen molar-refractivity contribution < 1.29 is 0 Å². The highest BCUT2D eigenvalue weighted by atomic mass is 14.9. The van der Waals surface area contributed by atoms with E-state index in [0.717, 1.165) is 24.5 Å². The lowest BCUT2D eigenvalue weighted by atomic mass is 10.2. The van der Waals surface area contributed by atoms with E-state index >= 15 is 0 Å². The van der Waals surface area contributed by atoms with Crippen molar-refractivity contribution in [3.8, 4) is 0 Å². The van der Waals surface area contributed by atoms with Crippen LogP contribution in [0, 0.1) is 0 Å². The van der Waals surface area contributed by atoms with E-state index in [2.05, 4.69) is 10.6 Å². The summed E-state index contributed by atoms with van der Waals surface area (Å²) in [5.41, 5.74) is 7.59. The number of unbranched alkanes of at least 4 members (excludes halogenated alkanes) is 3. The van der Waals surface area contributed by atoms with Gasteiger partial charge in [0.15, 0.2) is 0 Å². The van der Waals surface area contributed by atoms with Gasteiger partial charge in [0.2, 0.25) is 0 Å². The van der Waals surface area contributed by atoms with Gasteiger partial charge in [0, 0.05) is 17.9 Å². The quantitative estimate of drug-likeness (QED) is 0.467. The lowest BCUT2D eigenvalue weighted by molar-refractivity contribution is 0.626. The van der Waals surface area contributed by atoms with Crippen LogP contribution < -0.4 is 16.4 Å². The van der Waals surface area contributed by atoms with Crippen LogP contribution in [0.4, 0.5) is 11.4 Å². The highest BCUT2D eigenvalue weighted by molar-refractivity contribution is 5.50. The van der Waals surface area contributed by atoms with Crippen LogP contribution in [-0.2, 0) is 0 Å². The van der Waals surface area contributed by atoms with Crippen LogP contribution >= 0.6 is 0 Å². The number of hydrogen-bond donors (Lipinski definition) is 3. The molecule has 0 spiro atoms. The fourth-order valence-corrected chi connectivity index (χ4v) is 1.61. The van der Waals surface area contributed by atoms with E-state index in [9.17, 15) is 0 Å². The molecule has 90 valence electrons. The number of nitrogens with one attached hydrogen (secondary N) is 2. The largest absolute Gasteiger partial charge is 0.399 e. The van der Waals surface area contributed by atoms with Crippen LogP contribution in [0.15, 0.2) is 24.3 Å². The van der Waals surface area contributed by atoms with Gasteiger partial charge in [-0.05, 0) is 50.7 Å². The fraction of sp³-hybridized carbons (Fsp3) is 0.538. The minimum absolute atomic E-state index is 0.817. The second-order valence-corrected chi connectivity index (χ2v) is 4.07. The van der Waals surface area contributed by atoms with Crippen molar-refractivity contribution in [3.05, 3.63) is 24.3 Å². The topological polar surface area (TPSA) is 50.1 Å². The Morgan fingerprint density at radius 3 is 2.19 bits per heavy atom. The zero-order valence-electron chi connectivity index (χ0n) is 10.1. The van der Waals surface area contributed by atoms with Crippen molar-refractivity contribution in [1.29, 1.82) is 0 Å². The zero-order chi connectivity index (χ0) is 11.6. The van der Waals surface area contributed by atoms with Gasteiger partial charge in [0.05, 0.1) is 0 Å².